The molecule has 4 nitrogen and oxygen atoms in total. The number of hydrogen-bond acceptors (Lipinski definition) is 6. The van der Waals surface area contributed by atoms with Crippen LogP contribution in [-0.4, -0.2) is 28.1 Å². The zero-order chi connectivity index (χ0) is 30.5. The number of carbonyl (C=O) groups is 1. The van der Waals surface area contributed by atoms with Gasteiger partial charge in [-0.1, -0.05) is 69.7 Å². The second-order valence-corrected chi connectivity index (χ2v) is 14.9. The first-order chi connectivity index (χ1) is 20.7. The Morgan fingerprint density at radius 1 is 0.977 bits per heavy atom. The third-order valence-electron chi connectivity index (χ3n) is 8.56. The quantitative estimate of drug-likeness (QED) is 0.131. The largest absolute Gasteiger partial charge is 0.428 e. The molecule has 0 aromatic heterocycles. The highest BCUT2D eigenvalue weighted by molar-refractivity contribution is 8.17. The van der Waals surface area contributed by atoms with Gasteiger partial charge in [-0.2, -0.15) is 0 Å². The van der Waals surface area contributed by atoms with Crippen LogP contribution in [0.15, 0.2) is 99.8 Å². The molecule has 1 aliphatic carbocycles. The summed E-state index contributed by atoms with van der Waals surface area (Å²) in [6, 6.07) is 24.8. The number of thioether (sulfide) groups is 2. The molecule has 1 heterocycles. The Hall–Kier alpha value is -2.58. The summed E-state index contributed by atoms with van der Waals surface area (Å²) in [5, 5.41) is 11.7. The molecule has 0 radical (unpaired) electrons. The summed E-state index contributed by atoms with van der Waals surface area (Å²) in [5.74, 6) is 0.303. The molecule has 5 atom stereocenters. The second-order valence-electron chi connectivity index (χ2n) is 12.1. The number of rotatable bonds is 11. The molecular formula is C36H41FO4S2. The molecule has 1 aliphatic heterocycles. The Kier molecular flexibility index (Phi) is 10.7. The Morgan fingerprint density at radius 2 is 1.60 bits per heavy atom. The molecule has 0 spiro atoms. The van der Waals surface area contributed by atoms with E-state index in [0.29, 0.717) is 35.3 Å². The van der Waals surface area contributed by atoms with Crippen LogP contribution >= 0.6 is 23.5 Å². The number of aliphatic hydroxyl groups is 1. The van der Waals surface area contributed by atoms with E-state index in [1.807, 2.05) is 36.4 Å². The fourth-order valence-electron chi connectivity index (χ4n) is 6.17. The van der Waals surface area contributed by atoms with E-state index >= 15 is 0 Å². The highest BCUT2D eigenvalue weighted by atomic mass is 32.2. The fraction of sp³-hybridized carbons (Fsp3) is 0.417. The van der Waals surface area contributed by atoms with E-state index in [0.717, 1.165) is 28.2 Å². The van der Waals surface area contributed by atoms with Crippen molar-refractivity contribution in [2.45, 2.75) is 86.2 Å². The predicted octanol–water partition coefficient (Wildman–Crippen LogP) is 8.99. The number of ether oxygens (including phenoxy) is 2. The van der Waals surface area contributed by atoms with Crippen LogP contribution in [0.3, 0.4) is 0 Å². The first-order valence-corrected chi connectivity index (χ1v) is 16.9. The Morgan fingerprint density at radius 3 is 2.21 bits per heavy atom. The number of benzene rings is 3. The fourth-order valence-corrected chi connectivity index (χ4v) is 8.80. The summed E-state index contributed by atoms with van der Waals surface area (Å²) in [7, 11) is 0. The van der Waals surface area contributed by atoms with Gasteiger partial charge in [0.15, 0.2) is 0 Å². The molecule has 228 valence electrons. The second kappa shape index (κ2) is 14.5. The SMILES string of the molecule is CC1=C([C@@H](O)c2cc(F)ccc2CC(Sc2ccccc2)Sc2ccccc2)C(=O)O[C@H]1O[C@@H]1C[C@H](C)CC[C@H]1C(C)C. The van der Waals surface area contributed by atoms with Gasteiger partial charge in [-0.15, -0.1) is 23.5 Å². The number of halogens is 1. The summed E-state index contributed by atoms with van der Waals surface area (Å²) >= 11 is 3.45. The van der Waals surface area contributed by atoms with Crippen molar-refractivity contribution >= 4 is 29.5 Å². The number of aliphatic hydroxyl groups excluding tert-OH is 1. The molecule has 1 N–H and O–H groups in total. The van der Waals surface area contributed by atoms with Crippen LogP contribution in [0, 0.1) is 23.6 Å². The lowest BCUT2D eigenvalue weighted by Gasteiger charge is -2.38. The minimum atomic E-state index is -1.33. The van der Waals surface area contributed by atoms with Crippen molar-refractivity contribution in [1.82, 2.24) is 0 Å². The van der Waals surface area contributed by atoms with Crippen LogP contribution in [0.2, 0.25) is 0 Å². The van der Waals surface area contributed by atoms with Gasteiger partial charge in [0.2, 0.25) is 6.29 Å². The maximum Gasteiger partial charge on any atom is 0.339 e. The van der Waals surface area contributed by atoms with Gasteiger partial charge in [-0.05, 0) is 91.5 Å². The van der Waals surface area contributed by atoms with Crippen molar-refractivity contribution in [3.05, 3.63) is 107 Å². The van der Waals surface area contributed by atoms with Gasteiger partial charge in [-0.25, -0.2) is 9.18 Å². The molecule has 1 saturated carbocycles. The van der Waals surface area contributed by atoms with Gasteiger partial charge < -0.3 is 14.6 Å². The van der Waals surface area contributed by atoms with Gasteiger partial charge in [0, 0.05) is 15.4 Å². The summed E-state index contributed by atoms with van der Waals surface area (Å²) in [5.41, 5.74) is 1.86. The van der Waals surface area contributed by atoms with E-state index < -0.39 is 24.2 Å². The lowest BCUT2D eigenvalue weighted by Crippen LogP contribution is -2.37. The molecule has 0 bridgehead atoms. The summed E-state index contributed by atoms with van der Waals surface area (Å²) in [6.45, 7) is 8.43. The van der Waals surface area contributed by atoms with E-state index in [1.54, 1.807) is 36.5 Å². The van der Waals surface area contributed by atoms with Crippen molar-refractivity contribution in [2.24, 2.45) is 17.8 Å². The van der Waals surface area contributed by atoms with E-state index in [4.69, 9.17) is 9.47 Å². The number of hydrogen-bond donors (Lipinski definition) is 1. The highest BCUT2D eigenvalue weighted by Crippen LogP contribution is 2.42. The molecule has 5 rings (SSSR count). The highest BCUT2D eigenvalue weighted by Gasteiger charge is 2.41. The average molecular weight is 621 g/mol. The average Bonchev–Trinajstić information content (AvgIpc) is 3.26. The van der Waals surface area contributed by atoms with Crippen molar-refractivity contribution in [2.75, 3.05) is 0 Å². The van der Waals surface area contributed by atoms with E-state index in [2.05, 4.69) is 45.0 Å². The van der Waals surface area contributed by atoms with Crippen LogP contribution in [-0.2, 0) is 20.7 Å². The normalized spacial score (nSPS) is 23.2. The van der Waals surface area contributed by atoms with Gasteiger partial charge in [-0.3, -0.25) is 0 Å². The van der Waals surface area contributed by atoms with Gasteiger partial charge >= 0.3 is 5.97 Å². The van der Waals surface area contributed by atoms with Crippen LogP contribution in [0.1, 0.15) is 64.2 Å². The lowest BCUT2D eigenvalue weighted by atomic mass is 9.75. The topological polar surface area (TPSA) is 55.8 Å². The number of cyclic esters (lactones) is 1. The van der Waals surface area contributed by atoms with Gasteiger partial charge in [0.1, 0.15) is 11.9 Å². The molecule has 3 aromatic rings. The summed E-state index contributed by atoms with van der Waals surface area (Å²) in [4.78, 5) is 15.5. The molecule has 0 saturated heterocycles. The first-order valence-electron chi connectivity index (χ1n) is 15.2. The number of esters is 1. The number of carbonyl (C=O) groups excluding carboxylic acids is 1. The Bertz CT molecular complexity index is 1370. The zero-order valence-electron chi connectivity index (χ0n) is 25.2. The molecule has 0 unspecified atom stereocenters. The van der Waals surface area contributed by atoms with Crippen molar-refractivity contribution in [3.63, 3.8) is 0 Å². The van der Waals surface area contributed by atoms with Crippen molar-refractivity contribution in [3.8, 4) is 0 Å². The Labute approximate surface area is 263 Å². The summed E-state index contributed by atoms with van der Waals surface area (Å²) < 4.78 is 26.9. The molecule has 0 amide bonds. The van der Waals surface area contributed by atoms with Crippen molar-refractivity contribution < 1.29 is 23.8 Å². The lowest BCUT2D eigenvalue weighted by molar-refractivity contribution is -0.181. The molecule has 3 aromatic carbocycles. The van der Waals surface area contributed by atoms with E-state index in [-0.39, 0.29) is 16.3 Å². The van der Waals surface area contributed by atoms with E-state index in [9.17, 15) is 14.3 Å². The van der Waals surface area contributed by atoms with Gasteiger partial charge in [0.05, 0.1) is 16.3 Å². The molecule has 1 fully saturated rings. The van der Waals surface area contributed by atoms with Crippen LogP contribution in [0.4, 0.5) is 4.39 Å². The van der Waals surface area contributed by atoms with Gasteiger partial charge in [0.25, 0.3) is 0 Å². The first kappa shape index (κ1) is 31.8. The smallest absolute Gasteiger partial charge is 0.339 e. The van der Waals surface area contributed by atoms with Crippen LogP contribution in [0.25, 0.3) is 0 Å². The minimum absolute atomic E-state index is 0.0245. The zero-order valence-corrected chi connectivity index (χ0v) is 26.9. The minimum Gasteiger partial charge on any atom is -0.428 e. The monoisotopic (exact) mass is 620 g/mol. The maximum absolute atomic E-state index is 14.7. The molecular weight excluding hydrogens is 580 g/mol. The maximum atomic E-state index is 14.7. The summed E-state index contributed by atoms with van der Waals surface area (Å²) in [6.07, 6.45) is 1.50. The van der Waals surface area contributed by atoms with Crippen LogP contribution < -0.4 is 0 Å². The third kappa shape index (κ3) is 7.93. The molecule has 2 aliphatic rings. The van der Waals surface area contributed by atoms with Crippen molar-refractivity contribution in [1.29, 1.82) is 0 Å². The van der Waals surface area contributed by atoms with Crippen LogP contribution in [0.5, 0.6) is 0 Å². The standard InChI is InChI=1S/C36H41FO4S2/c1-22(2)29-18-15-23(3)19-31(29)40-36-24(4)33(35(39)41-36)34(38)30-21-26(37)17-16-25(30)20-32(42-27-11-7-5-8-12-27)43-28-13-9-6-10-14-28/h5-14,16-17,21-23,29,31-32,34,36,38H,15,18-20H2,1-4H3/t23-,29+,31-,34+,36-/m1/s1. The molecule has 43 heavy (non-hydrogen) atoms. The Balaban J connectivity index is 1.41. The molecule has 7 heteroatoms. The predicted molar refractivity (Wildman–Crippen MR) is 172 cm³/mol. The third-order valence-corrected chi connectivity index (χ3v) is 11.1. The van der Waals surface area contributed by atoms with E-state index in [1.165, 1.54) is 18.6 Å².